The first-order valence-electron chi connectivity index (χ1n) is 5.18. The molecule has 0 aromatic heterocycles. The van der Waals surface area contributed by atoms with E-state index in [4.69, 9.17) is 5.26 Å². The summed E-state index contributed by atoms with van der Waals surface area (Å²) < 4.78 is 4.38. The number of rotatable bonds is 4. The Morgan fingerprint density at radius 3 is 2.94 bits per heavy atom. The smallest absolute Gasteiger partial charge is 0.325 e. The second kappa shape index (κ2) is 6.86. The average molecular weight is 244 g/mol. The molecular weight excluding hydrogens is 232 g/mol. The predicted molar refractivity (Wildman–Crippen MR) is 65.2 cm³/mol. The summed E-state index contributed by atoms with van der Waals surface area (Å²) in [5.74, 6) is -0.911. The van der Waals surface area contributed by atoms with Crippen molar-refractivity contribution in [2.24, 2.45) is 0 Å². The van der Waals surface area contributed by atoms with Crippen LogP contribution in [0.15, 0.2) is 30.3 Å². The fourth-order valence-corrected chi connectivity index (χ4v) is 1.17. The molecule has 0 aliphatic rings. The highest BCUT2D eigenvalue weighted by atomic mass is 16.5. The van der Waals surface area contributed by atoms with Gasteiger partial charge < -0.3 is 10.1 Å². The molecule has 0 saturated carbocycles. The van der Waals surface area contributed by atoms with Gasteiger partial charge >= 0.3 is 5.97 Å². The molecule has 0 heterocycles. The number of hydrogen-bond donors (Lipinski definition) is 1. The maximum atomic E-state index is 11.3. The van der Waals surface area contributed by atoms with Gasteiger partial charge in [0.05, 0.1) is 18.7 Å². The number of nitrogens with one attached hydrogen (secondary N) is 1. The number of nitrogens with zero attached hydrogens (tertiary/aromatic N) is 1. The van der Waals surface area contributed by atoms with E-state index in [9.17, 15) is 9.59 Å². The van der Waals surface area contributed by atoms with E-state index in [2.05, 4.69) is 10.1 Å². The molecule has 0 atom stereocenters. The van der Waals surface area contributed by atoms with Crippen molar-refractivity contribution >= 4 is 18.0 Å². The van der Waals surface area contributed by atoms with Gasteiger partial charge in [-0.15, -0.1) is 0 Å². The molecule has 0 fully saturated rings. The molecule has 1 aromatic carbocycles. The predicted octanol–water partition coefficient (Wildman–Crippen LogP) is 0.861. The molecule has 0 aliphatic heterocycles. The van der Waals surface area contributed by atoms with Crippen LogP contribution in [0.4, 0.5) is 0 Å². The molecular formula is C13H12N2O3. The number of nitriles is 1. The number of carbonyl (C=O) groups excluding carboxylic acids is 2. The number of benzene rings is 1. The van der Waals surface area contributed by atoms with Crippen LogP contribution in [0.2, 0.25) is 0 Å². The standard InChI is InChI=1S/C13H12N2O3/c1-18-13(17)9-15-12(16)6-5-10-3-2-4-11(7-10)8-14/h2-7H,9H2,1H3,(H,15,16)/b6-5+. The van der Waals surface area contributed by atoms with Gasteiger partial charge in [-0.1, -0.05) is 12.1 Å². The molecule has 92 valence electrons. The Bertz CT molecular complexity index is 515. The van der Waals surface area contributed by atoms with Crippen LogP contribution in [-0.4, -0.2) is 25.5 Å². The molecule has 0 unspecified atom stereocenters. The van der Waals surface area contributed by atoms with E-state index in [1.165, 1.54) is 13.2 Å². The summed E-state index contributed by atoms with van der Waals surface area (Å²) in [5.41, 5.74) is 1.26. The van der Waals surface area contributed by atoms with Gasteiger partial charge in [-0.05, 0) is 23.8 Å². The lowest BCUT2D eigenvalue weighted by Gasteiger charge is -1.99. The molecule has 0 aliphatic carbocycles. The van der Waals surface area contributed by atoms with Crippen LogP contribution in [0.3, 0.4) is 0 Å². The first-order valence-corrected chi connectivity index (χ1v) is 5.18. The van der Waals surface area contributed by atoms with E-state index >= 15 is 0 Å². The number of ether oxygens (including phenoxy) is 1. The molecule has 1 aromatic rings. The maximum absolute atomic E-state index is 11.3. The van der Waals surface area contributed by atoms with Gasteiger partial charge in [0.15, 0.2) is 0 Å². The molecule has 0 spiro atoms. The lowest BCUT2D eigenvalue weighted by molar-refractivity contribution is -0.140. The summed E-state index contributed by atoms with van der Waals surface area (Å²) in [6.07, 6.45) is 2.85. The summed E-state index contributed by atoms with van der Waals surface area (Å²) in [7, 11) is 1.25. The fourth-order valence-electron chi connectivity index (χ4n) is 1.17. The van der Waals surface area contributed by atoms with Crippen molar-refractivity contribution in [3.05, 3.63) is 41.5 Å². The van der Waals surface area contributed by atoms with Crippen LogP contribution in [0.5, 0.6) is 0 Å². The Morgan fingerprint density at radius 1 is 1.50 bits per heavy atom. The molecule has 0 radical (unpaired) electrons. The highest BCUT2D eigenvalue weighted by molar-refractivity contribution is 5.93. The number of amides is 1. The Hall–Kier alpha value is -2.61. The Labute approximate surface area is 105 Å². The summed E-state index contributed by atoms with van der Waals surface area (Å²) in [6.45, 7) is -0.169. The second-order valence-corrected chi connectivity index (χ2v) is 3.36. The third kappa shape index (κ3) is 4.49. The molecule has 1 N–H and O–H groups in total. The van der Waals surface area contributed by atoms with E-state index in [1.807, 2.05) is 6.07 Å². The van der Waals surface area contributed by atoms with Crippen molar-refractivity contribution in [2.45, 2.75) is 0 Å². The molecule has 5 heteroatoms. The third-order valence-electron chi connectivity index (χ3n) is 2.08. The van der Waals surface area contributed by atoms with Gasteiger partial charge in [0, 0.05) is 6.08 Å². The summed E-state index contributed by atoms with van der Waals surface area (Å²) in [5, 5.41) is 11.1. The summed E-state index contributed by atoms with van der Waals surface area (Å²) in [4.78, 5) is 22.1. The monoisotopic (exact) mass is 244 g/mol. The van der Waals surface area contributed by atoms with E-state index in [0.717, 1.165) is 5.56 Å². The molecule has 0 bridgehead atoms. The zero-order chi connectivity index (χ0) is 13.4. The van der Waals surface area contributed by atoms with Crippen LogP contribution in [0.25, 0.3) is 6.08 Å². The van der Waals surface area contributed by atoms with Crippen LogP contribution < -0.4 is 5.32 Å². The topological polar surface area (TPSA) is 79.2 Å². The number of carbonyl (C=O) groups is 2. The van der Waals surface area contributed by atoms with Crippen molar-refractivity contribution in [2.75, 3.05) is 13.7 Å². The number of esters is 1. The van der Waals surface area contributed by atoms with Crippen LogP contribution in [-0.2, 0) is 14.3 Å². The maximum Gasteiger partial charge on any atom is 0.325 e. The normalized spacial score (nSPS) is 9.78. The number of methoxy groups -OCH3 is 1. The van der Waals surface area contributed by atoms with E-state index < -0.39 is 11.9 Å². The lowest BCUT2D eigenvalue weighted by Crippen LogP contribution is -2.28. The zero-order valence-corrected chi connectivity index (χ0v) is 9.84. The Morgan fingerprint density at radius 2 is 2.28 bits per heavy atom. The minimum absolute atomic E-state index is 0.169. The minimum Gasteiger partial charge on any atom is -0.468 e. The first kappa shape index (κ1) is 13.5. The van der Waals surface area contributed by atoms with Gasteiger partial charge in [0.2, 0.25) is 5.91 Å². The van der Waals surface area contributed by atoms with Gasteiger partial charge in [-0.25, -0.2) is 0 Å². The van der Waals surface area contributed by atoms with Crippen molar-refractivity contribution in [1.82, 2.24) is 5.32 Å². The second-order valence-electron chi connectivity index (χ2n) is 3.36. The first-order chi connectivity index (χ1) is 8.65. The van der Waals surface area contributed by atoms with Crippen molar-refractivity contribution in [3.63, 3.8) is 0 Å². The lowest BCUT2D eigenvalue weighted by atomic mass is 10.1. The third-order valence-corrected chi connectivity index (χ3v) is 2.08. The zero-order valence-electron chi connectivity index (χ0n) is 9.84. The Balaban J connectivity index is 2.55. The Kier molecular flexibility index (Phi) is 5.13. The largest absolute Gasteiger partial charge is 0.468 e. The van der Waals surface area contributed by atoms with Gasteiger partial charge in [-0.2, -0.15) is 5.26 Å². The number of hydrogen-bond acceptors (Lipinski definition) is 4. The van der Waals surface area contributed by atoms with Crippen LogP contribution >= 0.6 is 0 Å². The minimum atomic E-state index is -0.511. The molecule has 18 heavy (non-hydrogen) atoms. The van der Waals surface area contributed by atoms with E-state index in [1.54, 1.807) is 30.3 Å². The molecule has 1 amide bonds. The highest BCUT2D eigenvalue weighted by Crippen LogP contribution is 2.05. The van der Waals surface area contributed by atoms with E-state index in [-0.39, 0.29) is 6.54 Å². The van der Waals surface area contributed by atoms with Gasteiger partial charge in [0.25, 0.3) is 0 Å². The summed E-state index contributed by atoms with van der Waals surface area (Å²) >= 11 is 0. The molecule has 5 nitrogen and oxygen atoms in total. The van der Waals surface area contributed by atoms with Gasteiger partial charge in [0.1, 0.15) is 6.54 Å². The van der Waals surface area contributed by atoms with Crippen LogP contribution in [0.1, 0.15) is 11.1 Å². The highest BCUT2D eigenvalue weighted by Gasteiger charge is 2.01. The fraction of sp³-hybridized carbons (Fsp3) is 0.154. The summed E-state index contributed by atoms with van der Waals surface area (Å²) in [6, 6.07) is 8.83. The van der Waals surface area contributed by atoms with Gasteiger partial charge in [-0.3, -0.25) is 9.59 Å². The average Bonchev–Trinajstić information content (AvgIpc) is 2.42. The van der Waals surface area contributed by atoms with Crippen molar-refractivity contribution in [1.29, 1.82) is 5.26 Å². The quantitative estimate of drug-likeness (QED) is 0.629. The van der Waals surface area contributed by atoms with Crippen molar-refractivity contribution < 1.29 is 14.3 Å². The van der Waals surface area contributed by atoms with Crippen molar-refractivity contribution in [3.8, 4) is 6.07 Å². The molecule has 0 saturated heterocycles. The molecule has 1 rings (SSSR count). The van der Waals surface area contributed by atoms with E-state index in [0.29, 0.717) is 5.56 Å². The van der Waals surface area contributed by atoms with Crippen LogP contribution in [0, 0.1) is 11.3 Å². The SMILES string of the molecule is COC(=O)CNC(=O)/C=C/c1cccc(C#N)c1.